The fourth-order valence-corrected chi connectivity index (χ4v) is 2.85. The molecular formula is C9H11I2NO. The van der Waals surface area contributed by atoms with Crippen LogP contribution >= 0.6 is 45.2 Å². The van der Waals surface area contributed by atoms with Crippen LogP contribution in [0.3, 0.4) is 0 Å². The molecule has 0 amide bonds. The van der Waals surface area contributed by atoms with Crippen molar-refractivity contribution in [2.45, 2.75) is 19.4 Å². The van der Waals surface area contributed by atoms with Gasteiger partial charge in [-0.25, -0.2) is 0 Å². The van der Waals surface area contributed by atoms with Gasteiger partial charge >= 0.3 is 0 Å². The van der Waals surface area contributed by atoms with Crippen LogP contribution in [0.25, 0.3) is 0 Å². The van der Waals surface area contributed by atoms with E-state index >= 15 is 0 Å². The standard InChI is InChI=1S/C9H11I2NO/c1-2-8(12)5-3-6(10)9(13)7(11)4-5/h3-4,8,13H,2,12H2,1H3/t8-/m0/s1. The minimum absolute atomic E-state index is 0.0719. The van der Waals surface area contributed by atoms with Gasteiger partial charge in [0.15, 0.2) is 0 Å². The number of rotatable bonds is 2. The highest BCUT2D eigenvalue weighted by atomic mass is 127. The van der Waals surface area contributed by atoms with Crippen molar-refractivity contribution < 1.29 is 5.11 Å². The number of phenolic OH excluding ortho intramolecular Hbond substituents is 1. The Bertz CT molecular complexity index is 291. The first-order valence-electron chi connectivity index (χ1n) is 3.99. The van der Waals surface area contributed by atoms with Gasteiger partial charge in [0.1, 0.15) is 5.75 Å². The number of hydrogen-bond acceptors (Lipinski definition) is 2. The maximum Gasteiger partial charge on any atom is 0.142 e. The summed E-state index contributed by atoms with van der Waals surface area (Å²) in [6.07, 6.45) is 0.914. The molecule has 0 saturated carbocycles. The van der Waals surface area contributed by atoms with Gasteiger partial charge in [-0.2, -0.15) is 0 Å². The van der Waals surface area contributed by atoms with Crippen LogP contribution < -0.4 is 5.73 Å². The predicted octanol–water partition coefficient (Wildman–Crippen LogP) is 3.01. The molecule has 72 valence electrons. The number of phenols is 1. The Balaban J connectivity index is 3.13. The zero-order valence-electron chi connectivity index (χ0n) is 7.22. The number of nitrogens with two attached hydrogens (primary N) is 1. The molecule has 0 unspecified atom stereocenters. The highest BCUT2D eigenvalue weighted by Crippen LogP contribution is 2.29. The summed E-state index contributed by atoms with van der Waals surface area (Å²) in [5.74, 6) is 0.355. The van der Waals surface area contributed by atoms with Crippen LogP contribution in [0.1, 0.15) is 24.9 Å². The molecule has 0 fully saturated rings. The third-order valence-corrected chi connectivity index (χ3v) is 3.55. The Morgan fingerprint density at radius 3 is 2.23 bits per heavy atom. The lowest BCUT2D eigenvalue weighted by molar-refractivity contribution is 0.467. The molecule has 1 atom stereocenters. The van der Waals surface area contributed by atoms with Crippen LogP contribution in [0.15, 0.2) is 12.1 Å². The number of aromatic hydroxyl groups is 1. The molecule has 0 aliphatic heterocycles. The first-order chi connectivity index (χ1) is 6.06. The maximum absolute atomic E-state index is 9.53. The molecule has 0 radical (unpaired) electrons. The normalized spacial score (nSPS) is 12.9. The van der Waals surface area contributed by atoms with Crippen LogP contribution in [0.4, 0.5) is 0 Å². The van der Waals surface area contributed by atoms with Crippen molar-refractivity contribution in [1.29, 1.82) is 0 Å². The fourth-order valence-electron chi connectivity index (χ4n) is 1.03. The topological polar surface area (TPSA) is 46.2 Å². The average Bonchev–Trinajstić information content (AvgIpc) is 2.12. The van der Waals surface area contributed by atoms with E-state index in [0.29, 0.717) is 5.75 Å². The summed E-state index contributed by atoms with van der Waals surface area (Å²) in [4.78, 5) is 0. The van der Waals surface area contributed by atoms with Crippen molar-refractivity contribution in [2.75, 3.05) is 0 Å². The van der Waals surface area contributed by atoms with Crippen LogP contribution in [0, 0.1) is 7.14 Å². The second-order valence-corrected chi connectivity index (χ2v) is 5.17. The van der Waals surface area contributed by atoms with Gasteiger partial charge in [-0.15, -0.1) is 0 Å². The van der Waals surface area contributed by atoms with Gasteiger partial charge in [0.05, 0.1) is 7.14 Å². The Morgan fingerprint density at radius 1 is 1.38 bits per heavy atom. The smallest absolute Gasteiger partial charge is 0.142 e. The van der Waals surface area contributed by atoms with E-state index in [1.165, 1.54) is 0 Å². The van der Waals surface area contributed by atoms with E-state index in [1.54, 1.807) is 0 Å². The molecular weight excluding hydrogens is 392 g/mol. The van der Waals surface area contributed by atoms with Gasteiger partial charge in [-0.05, 0) is 69.3 Å². The lowest BCUT2D eigenvalue weighted by atomic mass is 10.1. The van der Waals surface area contributed by atoms with Crippen molar-refractivity contribution in [2.24, 2.45) is 5.73 Å². The molecule has 4 heteroatoms. The van der Waals surface area contributed by atoms with Gasteiger partial charge < -0.3 is 10.8 Å². The van der Waals surface area contributed by atoms with E-state index in [2.05, 4.69) is 52.1 Å². The van der Waals surface area contributed by atoms with Gasteiger partial charge in [0, 0.05) is 6.04 Å². The highest BCUT2D eigenvalue weighted by molar-refractivity contribution is 14.1. The Hall–Kier alpha value is 0.440. The molecule has 0 aromatic heterocycles. The first kappa shape index (κ1) is 11.5. The molecule has 0 aliphatic rings. The number of halogens is 2. The van der Waals surface area contributed by atoms with Crippen molar-refractivity contribution in [3.05, 3.63) is 24.8 Å². The molecule has 1 aromatic carbocycles. The van der Waals surface area contributed by atoms with Crippen molar-refractivity contribution >= 4 is 45.2 Å². The van der Waals surface area contributed by atoms with Crippen molar-refractivity contribution in [3.8, 4) is 5.75 Å². The van der Waals surface area contributed by atoms with E-state index in [1.807, 2.05) is 12.1 Å². The molecule has 0 bridgehead atoms. The Morgan fingerprint density at radius 2 is 1.85 bits per heavy atom. The lowest BCUT2D eigenvalue weighted by Gasteiger charge is -2.11. The third kappa shape index (κ3) is 2.69. The predicted molar refractivity (Wildman–Crippen MR) is 70.8 cm³/mol. The van der Waals surface area contributed by atoms with Crippen molar-refractivity contribution in [3.63, 3.8) is 0 Å². The van der Waals surface area contributed by atoms with Gasteiger partial charge in [0.25, 0.3) is 0 Å². The van der Waals surface area contributed by atoms with Crippen LogP contribution in [0.2, 0.25) is 0 Å². The van der Waals surface area contributed by atoms with E-state index in [4.69, 9.17) is 5.73 Å². The summed E-state index contributed by atoms with van der Waals surface area (Å²) in [6, 6.07) is 3.95. The van der Waals surface area contributed by atoms with Crippen LogP contribution in [-0.4, -0.2) is 5.11 Å². The molecule has 0 heterocycles. The molecule has 13 heavy (non-hydrogen) atoms. The van der Waals surface area contributed by atoms with Gasteiger partial charge in [-0.3, -0.25) is 0 Å². The number of hydrogen-bond donors (Lipinski definition) is 2. The molecule has 1 aromatic rings. The average molecular weight is 403 g/mol. The fraction of sp³-hybridized carbons (Fsp3) is 0.333. The Labute approximate surface area is 105 Å². The van der Waals surface area contributed by atoms with E-state index < -0.39 is 0 Å². The lowest BCUT2D eigenvalue weighted by Crippen LogP contribution is -2.09. The Kier molecular flexibility index (Phi) is 4.24. The summed E-state index contributed by atoms with van der Waals surface area (Å²) >= 11 is 4.23. The van der Waals surface area contributed by atoms with Crippen LogP contribution in [0.5, 0.6) is 5.75 Å². The molecule has 3 N–H and O–H groups in total. The minimum Gasteiger partial charge on any atom is -0.506 e. The summed E-state index contributed by atoms with van der Waals surface area (Å²) in [7, 11) is 0. The summed E-state index contributed by atoms with van der Waals surface area (Å²) in [6.45, 7) is 2.05. The quantitative estimate of drug-likeness (QED) is 0.747. The summed E-state index contributed by atoms with van der Waals surface area (Å²) < 4.78 is 1.73. The zero-order valence-corrected chi connectivity index (χ0v) is 11.5. The number of benzene rings is 1. The molecule has 1 rings (SSSR count). The summed E-state index contributed by atoms with van der Waals surface area (Å²) in [5, 5.41) is 9.53. The van der Waals surface area contributed by atoms with Gasteiger partial charge in [-0.1, -0.05) is 6.92 Å². The van der Waals surface area contributed by atoms with E-state index in [9.17, 15) is 5.11 Å². The van der Waals surface area contributed by atoms with E-state index in [-0.39, 0.29) is 6.04 Å². The molecule has 0 spiro atoms. The maximum atomic E-state index is 9.53. The largest absolute Gasteiger partial charge is 0.506 e. The molecule has 0 aliphatic carbocycles. The third-order valence-electron chi connectivity index (χ3n) is 1.91. The summed E-state index contributed by atoms with van der Waals surface area (Å²) in [5.41, 5.74) is 6.99. The van der Waals surface area contributed by atoms with Crippen LogP contribution in [-0.2, 0) is 0 Å². The highest BCUT2D eigenvalue weighted by Gasteiger charge is 2.09. The second-order valence-electron chi connectivity index (χ2n) is 2.85. The monoisotopic (exact) mass is 403 g/mol. The zero-order chi connectivity index (χ0) is 10.0. The first-order valence-corrected chi connectivity index (χ1v) is 6.15. The van der Waals surface area contributed by atoms with E-state index in [0.717, 1.165) is 19.1 Å². The van der Waals surface area contributed by atoms with Crippen molar-refractivity contribution in [1.82, 2.24) is 0 Å². The minimum atomic E-state index is 0.0719. The molecule has 0 saturated heterocycles. The van der Waals surface area contributed by atoms with Gasteiger partial charge in [0.2, 0.25) is 0 Å². The second kappa shape index (κ2) is 4.79. The molecule has 2 nitrogen and oxygen atoms in total. The SMILES string of the molecule is CC[C@H](N)c1cc(I)c(O)c(I)c1.